The lowest BCUT2D eigenvalue weighted by atomic mass is 10.0. The summed E-state index contributed by atoms with van der Waals surface area (Å²) in [6.07, 6.45) is 21.0. The number of carbonyl (C=O) groups is 2. The van der Waals surface area contributed by atoms with Crippen molar-refractivity contribution in [1.29, 1.82) is 0 Å². The van der Waals surface area contributed by atoms with Crippen LogP contribution in [0.1, 0.15) is 120 Å². The molecule has 0 radical (unpaired) electrons. The number of piperidine rings is 1. The average Bonchev–Trinajstić information content (AvgIpc) is 3.51. The van der Waals surface area contributed by atoms with E-state index in [0.29, 0.717) is 42.0 Å². The number of carbonyl (C=O) groups excluding carboxylic acids is 2. The second-order valence-corrected chi connectivity index (χ2v) is 14.0. The number of anilines is 2. The van der Waals surface area contributed by atoms with E-state index in [4.69, 9.17) is 11.6 Å². The number of aromatic nitrogens is 2. The first-order valence-corrected chi connectivity index (χ1v) is 19.0. The largest absolute Gasteiger partial charge is 0.382 e. The second-order valence-electron chi connectivity index (χ2n) is 13.6. The highest BCUT2D eigenvalue weighted by Gasteiger charge is 2.31. The number of fused-ring (bicyclic) bond motifs is 1. The van der Waals surface area contributed by atoms with Gasteiger partial charge >= 0.3 is 0 Å². The van der Waals surface area contributed by atoms with Gasteiger partial charge in [0.25, 0.3) is 5.91 Å². The molecule has 1 unspecified atom stereocenters. The standard InChI is InChI=1S/C41H54ClN5O2/c1-2-3-4-5-6-7-8-9-10-11-12-13-18-38(40(48)45-34-21-19-33(42)20-22-34)47-37-17-15-14-16-32(37)31-39(47)41(49)46-29-25-36(26-30-46)44-35-23-27-43-28-24-35/h14-17,19-24,27-28,31,36,38H,2-13,18,25-26,29-30H2,1H3,(H,43,44)(H,45,48). The average molecular weight is 684 g/mol. The van der Waals surface area contributed by atoms with Gasteiger partial charge in [-0.3, -0.25) is 14.6 Å². The van der Waals surface area contributed by atoms with Gasteiger partial charge in [0.15, 0.2) is 0 Å². The molecule has 1 saturated heterocycles. The number of hydrogen-bond acceptors (Lipinski definition) is 4. The molecule has 2 aromatic carbocycles. The Hall–Kier alpha value is -3.84. The molecule has 7 nitrogen and oxygen atoms in total. The van der Waals surface area contributed by atoms with E-state index < -0.39 is 6.04 Å². The summed E-state index contributed by atoms with van der Waals surface area (Å²) in [5, 5.41) is 8.31. The molecule has 4 aromatic rings. The van der Waals surface area contributed by atoms with E-state index in [9.17, 15) is 9.59 Å². The van der Waals surface area contributed by atoms with Gasteiger partial charge in [0.05, 0.1) is 0 Å². The van der Waals surface area contributed by atoms with Crippen LogP contribution in [-0.2, 0) is 4.79 Å². The molecule has 0 spiro atoms. The molecule has 0 aliphatic carbocycles. The molecule has 262 valence electrons. The third-order valence-corrected chi connectivity index (χ3v) is 10.1. The van der Waals surface area contributed by atoms with Crippen molar-refractivity contribution < 1.29 is 9.59 Å². The van der Waals surface area contributed by atoms with Crippen molar-refractivity contribution >= 4 is 45.7 Å². The fourth-order valence-corrected chi connectivity index (χ4v) is 7.19. The molecule has 2 amide bonds. The predicted molar refractivity (Wildman–Crippen MR) is 204 cm³/mol. The van der Waals surface area contributed by atoms with E-state index in [1.165, 1.54) is 64.2 Å². The second kappa shape index (κ2) is 19.4. The van der Waals surface area contributed by atoms with Crippen molar-refractivity contribution in [3.8, 4) is 0 Å². The Balaban J connectivity index is 1.26. The molecule has 2 N–H and O–H groups in total. The lowest BCUT2D eigenvalue weighted by Gasteiger charge is -2.33. The van der Waals surface area contributed by atoms with Crippen LogP contribution in [0, 0.1) is 0 Å². The maximum atomic E-state index is 14.3. The molecule has 49 heavy (non-hydrogen) atoms. The normalized spacial score (nSPS) is 14.2. The molecule has 1 atom stereocenters. The number of benzene rings is 2. The molecule has 5 rings (SSSR count). The SMILES string of the molecule is CCCCCCCCCCCCCCC(C(=O)Nc1ccc(Cl)cc1)n1c(C(=O)N2CCC(Nc3ccncc3)CC2)cc2ccccc21. The van der Waals surface area contributed by atoms with Gasteiger partial charge in [-0.15, -0.1) is 0 Å². The quantitative estimate of drug-likeness (QED) is 0.0964. The van der Waals surface area contributed by atoms with Crippen LogP contribution in [0.2, 0.25) is 5.02 Å². The number of nitrogens with zero attached hydrogens (tertiary/aromatic N) is 3. The molecule has 1 aliphatic heterocycles. The molecule has 1 fully saturated rings. The van der Waals surface area contributed by atoms with E-state index >= 15 is 0 Å². The van der Waals surface area contributed by atoms with Crippen molar-refractivity contribution in [1.82, 2.24) is 14.5 Å². The number of nitrogens with one attached hydrogen (secondary N) is 2. The van der Waals surface area contributed by atoms with Gasteiger partial charge in [-0.2, -0.15) is 0 Å². The summed E-state index contributed by atoms with van der Waals surface area (Å²) in [6.45, 7) is 3.58. The number of rotatable bonds is 19. The summed E-state index contributed by atoms with van der Waals surface area (Å²) >= 11 is 6.13. The minimum Gasteiger partial charge on any atom is -0.382 e. The van der Waals surface area contributed by atoms with Crippen molar-refractivity contribution in [2.45, 2.75) is 115 Å². The monoisotopic (exact) mass is 683 g/mol. The maximum absolute atomic E-state index is 14.3. The Bertz CT molecular complexity index is 1580. The van der Waals surface area contributed by atoms with E-state index in [2.05, 4.69) is 22.5 Å². The molecular weight excluding hydrogens is 630 g/mol. The number of para-hydroxylation sites is 1. The first-order valence-electron chi connectivity index (χ1n) is 18.7. The summed E-state index contributed by atoms with van der Waals surface area (Å²) in [6, 6.07) is 20.9. The minimum absolute atomic E-state index is 0.0162. The van der Waals surface area contributed by atoms with Crippen molar-refractivity contribution in [2.75, 3.05) is 23.7 Å². The van der Waals surface area contributed by atoms with Crippen LogP contribution in [0.15, 0.2) is 79.1 Å². The van der Waals surface area contributed by atoms with Crippen molar-refractivity contribution in [2.24, 2.45) is 0 Å². The maximum Gasteiger partial charge on any atom is 0.270 e. The topological polar surface area (TPSA) is 79.3 Å². The van der Waals surface area contributed by atoms with Crippen LogP contribution in [0.5, 0.6) is 0 Å². The fraction of sp³-hybridized carbons (Fsp3) is 0.488. The third-order valence-electron chi connectivity index (χ3n) is 9.86. The highest BCUT2D eigenvalue weighted by atomic mass is 35.5. The number of halogens is 1. The number of pyridine rings is 1. The first kappa shape index (κ1) is 36.4. The number of amides is 2. The van der Waals surface area contributed by atoms with E-state index in [1.807, 2.05) is 64.1 Å². The Morgan fingerprint density at radius 2 is 1.41 bits per heavy atom. The minimum atomic E-state index is -0.524. The van der Waals surface area contributed by atoms with Gasteiger partial charge in [0, 0.05) is 58.8 Å². The summed E-state index contributed by atoms with van der Waals surface area (Å²) in [5.74, 6) is -0.126. The van der Waals surface area contributed by atoms with Gasteiger partial charge in [-0.05, 0) is 67.8 Å². The van der Waals surface area contributed by atoms with Crippen LogP contribution in [0.4, 0.5) is 11.4 Å². The van der Waals surface area contributed by atoms with Gasteiger partial charge in [-0.25, -0.2) is 0 Å². The zero-order chi connectivity index (χ0) is 34.3. The highest BCUT2D eigenvalue weighted by Crippen LogP contribution is 2.31. The number of hydrogen-bond donors (Lipinski definition) is 2. The lowest BCUT2D eigenvalue weighted by molar-refractivity contribution is -0.119. The van der Waals surface area contributed by atoms with Gasteiger partial charge in [-0.1, -0.05) is 114 Å². The molecule has 0 saturated carbocycles. The Kier molecular flexibility index (Phi) is 14.4. The van der Waals surface area contributed by atoms with Crippen LogP contribution >= 0.6 is 11.6 Å². The molecule has 0 bridgehead atoms. The van der Waals surface area contributed by atoms with E-state index in [-0.39, 0.29) is 11.8 Å². The Morgan fingerprint density at radius 1 is 0.796 bits per heavy atom. The zero-order valence-electron chi connectivity index (χ0n) is 29.2. The zero-order valence-corrected chi connectivity index (χ0v) is 30.0. The van der Waals surface area contributed by atoms with E-state index in [0.717, 1.165) is 42.3 Å². The van der Waals surface area contributed by atoms with Crippen LogP contribution < -0.4 is 10.6 Å². The third kappa shape index (κ3) is 10.8. The summed E-state index contributed by atoms with van der Waals surface area (Å²) in [4.78, 5) is 34.5. The number of likely N-dealkylation sites (tertiary alicyclic amines) is 1. The van der Waals surface area contributed by atoms with Crippen molar-refractivity contribution in [3.63, 3.8) is 0 Å². The number of unbranched alkanes of at least 4 members (excludes halogenated alkanes) is 11. The molecule has 3 heterocycles. The van der Waals surface area contributed by atoms with Crippen LogP contribution in [0.25, 0.3) is 10.9 Å². The highest BCUT2D eigenvalue weighted by molar-refractivity contribution is 6.30. The van der Waals surface area contributed by atoms with Crippen LogP contribution in [-0.4, -0.2) is 45.4 Å². The van der Waals surface area contributed by atoms with Gasteiger partial charge in [0.2, 0.25) is 5.91 Å². The molecular formula is C41H54ClN5O2. The van der Waals surface area contributed by atoms with Crippen LogP contribution in [0.3, 0.4) is 0 Å². The smallest absolute Gasteiger partial charge is 0.270 e. The van der Waals surface area contributed by atoms with E-state index in [1.54, 1.807) is 24.5 Å². The molecule has 2 aromatic heterocycles. The first-order chi connectivity index (χ1) is 24.0. The summed E-state index contributed by atoms with van der Waals surface area (Å²) in [7, 11) is 0. The Labute approximate surface area is 297 Å². The molecule has 8 heteroatoms. The lowest BCUT2D eigenvalue weighted by Crippen LogP contribution is -2.43. The van der Waals surface area contributed by atoms with Gasteiger partial charge < -0.3 is 20.1 Å². The van der Waals surface area contributed by atoms with Gasteiger partial charge in [0.1, 0.15) is 11.7 Å². The van der Waals surface area contributed by atoms with Crippen molar-refractivity contribution in [3.05, 3.63) is 89.8 Å². The summed E-state index contributed by atoms with van der Waals surface area (Å²) in [5.41, 5.74) is 3.24. The predicted octanol–water partition coefficient (Wildman–Crippen LogP) is 10.7. The summed E-state index contributed by atoms with van der Waals surface area (Å²) < 4.78 is 2.02. The Morgan fingerprint density at radius 3 is 2.06 bits per heavy atom. The fourth-order valence-electron chi connectivity index (χ4n) is 7.06. The molecule has 1 aliphatic rings.